The molecule has 1 aromatic rings. The molecule has 0 saturated heterocycles. The highest BCUT2D eigenvalue weighted by Gasteiger charge is 2.26. The number of aliphatic hydroxyl groups is 1. The van der Waals surface area contributed by atoms with Crippen LogP contribution in [0.25, 0.3) is 0 Å². The lowest BCUT2D eigenvalue weighted by Crippen LogP contribution is -2.24. The number of rotatable bonds is 6. The number of ketones is 1. The largest absolute Gasteiger partial charge is 0.493 e. The first-order valence-corrected chi connectivity index (χ1v) is 5.86. The van der Waals surface area contributed by atoms with E-state index in [1.807, 2.05) is 20.8 Å². The molecule has 0 bridgehead atoms. The Bertz CT molecular complexity index is 385. The van der Waals surface area contributed by atoms with Crippen LogP contribution in [0, 0.1) is 0 Å². The maximum absolute atomic E-state index is 12.1. The van der Waals surface area contributed by atoms with E-state index in [0.717, 1.165) is 6.42 Å². The molecule has 0 amide bonds. The van der Waals surface area contributed by atoms with Crippen LogP contribution in [0.4, 0.5) is 0 Å². The topological polar surface area (TPSA) is 64.3 Å². The Hall–Kier alpha value is -1.36. The molecule has 5 nitrogen and oxygen atoms in total. The minimum absolute atomic E-state index is 0.0478. The number of Topliss-reactive ketones (excluding diaryl/α,β-unsaturated/α-hetero) is 1. The summed E-state index contributed by atoms with van der Waals surface area (Å²) in [6, 6.07) is 0.0478. The molecule has 1 N–H and O–H groups in total. The molecule has 5 heteroatoms. The molecule has 0 saturated carbocycles. The van der Waals surface area contributed by atoms with Gasteiger partial charge in [0.1, 0.15) is 11.8 Å². The molecule has 0 fully saturated rings. The Morgan fingerprint density at radius 2 is 2.24 bits per heavy atom. The summed E-state index contributed by atoms with van der Waals surface area (Å²) in [6.07, 6.45) is 1.73. The lowest BCUT2D eigenvalue weighted by atomic mass is 10.1. The van der Waals surface area contributed by atoms with E-state index in [2.05, 4.69) is 5.10 Å². The van der Waals surface area contributed by atoms with Crippen LogP contribution in [0.5, 0.6) is 5.75 Å². The molecule has 1 aromatic heterocycles. The van der Waals surface area contributed by atoms with Crippen LogP contribution in [-0.4, -0.2) is 33.9 Å². The molecule has 0 aliphatic rings. The van der Waals surface area contributed by atoms with Gasteiger partial charge in [-0.25, -0.2) is 0 Å². The monoisotopic (exact) mass is 240 g/mol. The number of hydrogen-bond acceptors (Lipinski definition) is 4. The zero-order valence-corrected chi connectivity index (χ0v) is 10.8. The van der Waals surface area contributed by atoms with Gasteiger partial charge in [0, 0.05) is 6.04 Å². The Labute approximate surface area is 101 Å². The van der Waals surface area contributed by atoms with Crippen LogP contribution in [0.3, 0.4) is 0 Å². The van der Waals surface area contributed by atoms with Crippen molar-refractivity contribution < 1.29 is 14.6 Å². The highest BCUT2D eigenvalue weighted by molar-refractivity contribution is 6.00. The van der Waals surface area contributed by atoms with Crippen LogP contribution < -0.4 is 4.74 Å². The van der Waals surface area contributed by atoms with Crippen molar-refractivity contribution in [1.29, 1.82) is 0 Å². The fourth-order valence-electron chi connectivity index (χ4n) is 1.68. The van der Waals surface area contributed by atoms with E-state index in [4.69, 9.17) is 4.74 Å². The number of carbonyl (C=O) groups is 1. The van der Waals surface area contributed by atoms with E-state index in [-0.39, 0.29) is 11.8 Å². The Kier molecular flexibility index (Phi) is 4.69. The van der Waals surface area contributed by atoms with Gasteiger partial charge < -0.3 is 9.84 Å². The highest BCUT2D eigenvalue weighted by Crippen LogP contribution is 2.23. The van der Waals surface area contributed by atoms with Crippen molar-refractivity contribution in [2.75, 3.05) is 7.11 Å². The maximum atomic E-state index is 12.1. The van der Waals surface area contributed by atoms with Crippen molar-refractivity contribution in [2.24, 2.45) is 0 Å². The zero-order chi connectivity index (χ0) is 13.0. The maximum Gasteiger partial charge on any atom is 0.213 e. The van der Waals surface area contributed by atoms with Crippen LogP contribution in [0.15, 0.2) is 6.20 Å². The quantitative estimate of drug-likeness (QED) is 0.770. The lowest BCUT2D eigenvalue weighted by molar-refractivity contribution is 0.0712. The van der Waals surface area contributed by atoms with E-state index in [1.54, 1.807) is 4.68 Å². The standard InChI is InChI=1S/C12H20N2O3/c1-5-6-9(15)12(16)11-10(17-4)7-13-14(11)8(2)3/h7-9,15H,5-6H2,1-4H3. The third-order valence-electron chi connectivity index (χ3n) is 2.57. The summed E-state index contributed by atoms with van der Waals surface area (Å²) in [5.74, 6) is 0.0914. The van der Waals surface area contributed by atoms with Gasteiger partial charge in [-0.1, -0.05) is 13.3 Å². The average Bonchev–Trinajstić information content (AvgIpc) is 2.71. The molecular formula is C12H20N2O3. The number of hydrogen-bond donors (Lipinski definition) is 1. The van der Waals surface area contributed by atoms with Gasteiger partial charge in [0.25, 0.3) is 0 Å². The van der Waals surface area contributed by atoms with Gasteiger partial charge in [0.15, 0.2) is 5.75 Å². The molecule has 96 valence electrons. The van der Waals surface area contributed by atoms with Gasteiger partial charge in [-0.15, -0.1) is 0 Å². The molecule has 1 rings (SSSR count). The fourth-order valence-corrected chi connectivity index (χ4v) is 1.68. The molecule has 0 radical (unpaired) electrons. The van der Waals surface area contributed by atoms with Crippen LogP contribution in [0.1, 0.15) is 50.1 Å². The predicted octanol–water partition coefficient (Wildman–Crippen LogP) is 1.82. The minimum atomic E-state index is -0.983. The van der Waals surface area contributed by atoms with Gasteiger partial charge in [0.2, 0.25) is 5.78 Å². The zero-order valence-electron chi connectivity index (χ0n) is 10.8. The molecule has 0 aliphatic carbocycles. The van der Waals surface area contributed by atoms with E-state index >= 15 is 0 Å². The summed E-state index contributed by atoms with van der Waals surface area (Å²) >= 11 is 0. The summed E-state index contributed by atoms with van der Waals surface area (Å²) in [4.78, 5) is 12.1. The Balaban J connectivity index is 3.09. The van der Waals surface area contributed by atoms with Crippen LogP contribution in [-0.2, 0) is 0 Å². The van der Waals surface area contributed by atoms with Crippen molar-refractivity contribution in [3.63, 3.8) is 0 Å². The van der Waals surface area contributed by atoms with E-state index in [0.29, 0.717) is 17.9 Å². The van der Waals surface area contributed by atoms with Crippen molar-refractivity contribution >= 4 is 5.78 Å². The van der Waals surface area contributed by atoms with Gasteiger partial charge in [0.05, 0.1) is 13.3 Å². The predicted molar refractivity (Wildman–Crippen MR) is 64.4 cm³/mol. The Morgan fingerprint density at radius 1 is 1.59 bits per heavy atom. The minimum Gasteiger partial charge on any atom is -0.493 e. The molecular weight excluding hydrogens is 220 g/mol. The van der Waals surface area contributed by atoms with Gasteiger partial charge in [-0.2, -0.15) is 5.10 Å². The van der Waals surface area contributed by atoms with E-state index < -0.39 is 6.10 Å². The third-order valence-corrected chi connectivity index (χ3v) is 2.57. The summed E-state index contributed by atoms with van der Waals surface area (Å²) in [7, 11) is 1.49. The Morgan fingerprint density at radius 3 is 2.71 bits per heavy atom. The second-order valence-corrected chi connectivity index (χ2v) is 4.27. The second kappa shape index (κ2) is 5.82. The van der Waals surface area contributed by atoms with Gasteiger partial charge >= 0.3 is 0 Å². The molecule has 0 spiro atoms. The first kappa shape index (κ1) is 13.7. The fraction of sp³-hybridized carbons (Fsp3) is 0.667. The first-order valence-electron chi connectivity index (χ1n) is 5.86. The molecule has 1 unspecified atom stereocenters. The van der Waals surface area contributed by atoms with E-state index in [9.17, 15) is 9.90 Å². The number of methoxy groups -OCH3 is 1. The number of nitrogens with zero attached hydrogens (tertiary/aromatic N) is 2. The SMILES string of the molecule is CCCC(O)C(=O)c1c(OC)cnn1C(C)C. The summed E-state index contributed by atoms with van der Waals surface area (Å²) in [5, 5.41) is 13.9. The third kappa shape index (κ3) is 2.85. The number of aromatic nitrogens is 2. The number of carbonyl (C=O) groups excluding carboxylic acids is 1. The normalized spacial score (nSPS) is 12.8. The van der Waals surface area contributed by atoms with Crippen LogP contribution >= 0.6 is 0 Å². The molecule has 17 heavy (non-hydrogen) atoms. The van der Waals surface area contributed by atoms with Gasteiger partial charge in [-0.05, 0) is 20.3 Å². The first-order chi connectivity index (χ1) is 8.02. The average molecular weight is 240 g/mol. The van der Waals surface area contributed by atoms with E-state index in [1.165, 1.54) is 13.3 Å². The van der Waals surface area contributed by atoms with Crippen molar-refractivity contribution in [1.82, 2.24) is 9.78 Å². The molecule has 0 aliphatic heterocycles. The summed E-state index contributed by atoms with van der Waals surface area (Å²) in [6.45, 7) is 5.78. The highest BCUT2D eigenvalue weighted by atomic mass is 16.5. The molecule has 0 aromatic carbocycles. The smallest absolute Gasteiger partial charge is 0.213 e. The number of ether oxygens (including phenoxy) is 1. The van der Waals surface area contributed by atoms with Crippen molar-refractivity contribution in [2.45, 2.75) is 45.8 Å². The molecule has 1 atom stereocenters. The van der Waals surface area contributed by atoms with Gasteiger partial charge in [-0.3, -0.25) is 9.48 Å². The van der Waals surface area contributed by atoms with Crippen molar-refractivity contribution in [3.8, 4) is 5.75 Å². The second-order valence-electron chi connectivity index (χ2n) is 4.27. The summed E-state index contributed by atoms with van der Waals surface area (Å²) < 4.78 is 6.69. The lowest BCUT2D eigenvalue weighted by Gasteiger charge is -2.14. The number of aliphatic hydroxyl groups excluding tert-OH is 1. The molecule has 1 heterocycles. The van der Waals surface area contributed by atoms with Crippen LogP contribution in [0.2, 0.25) is 0 Å². The van der Waals surface area contributed by atoms with Crippen molar-refractivity contribution in [3.05, 3.63) is 11.9 Å². The summed E-state index contributed by atoms with van der Waals surface area (Å²) in [5.41, 5.74) is 0.350.